The Balaban J connectivity index is 2.54. The average molecular weight is 330 g/mol. The predicted molar refractivity (Wildman–Crippen MR) is 71.4 cm³/mol. The molecule has 0 amide bonds. The number of halogens is 4. The van der Waals surface area contributed by atoms with Crippen LogP contribution in [0, 0.1) is 17.5 Å². The Morgan fingerprint density at radius 3 is 2.21 bits per heavy atom. The molecule has 1 atom stereocenters. The van der Waals surface area contributed by atoms with Crippen LogP contribution in [0.1, 0.15) is 17.2 Å². The molecule has 19 heavy (non-hydrogen) atoms. The van der Waals surface area contributed by atoms with Gasteiger partial charge in [-0.1, -0.05) is 28.1 Å². The summed E-state index contributed by atoms with van der Waals surface area (Å²) < 4.78 is 41.3. The highest BCUT2D eigenvalue weighted by molar-refractivity contribution is 9.10. The van der Waals surface area contributed by atoms with Crippen molar-refractivity contribution >= 4 is 15.9 Å². The third-order valence-corrected chi connectivity index (χ3v) is 3.30. The van der Waals surface area contributed by atoms with Crippen LogP contribution in [0.25, 0.3) is 0 Å². The molecule has 0 heterocycles. The van der Waals surface area contributed by atoms with E-state index in [0.29, 0.717) is 17.7 Å². The van der Waals surface area contributed by atoms with Gasteiger partial charge in [0.2, 0.25) is 0 Å². The van der Waals surface area contributed by atoms with Gasteiger partial charge >= 0.3 is 0 Å². The summed E-state index contributed by atoms with van der Waals surface area (Å²) in [4.78, 5) is 0. The van der Waals surface area contributed by atoms with E-state index in [1.54, 1.807) is 25.2 Å². The number of nitrogens with one attached hydrogen (secondary N) is 1. The van der Waals surface area contributed by atoms with Crippen molar-refractivity contribution < 1.29 is 13.2 Å². The molecule has 0 aromatic heterocycles. The summed E-state index contributed by atoms with van der Waals surface area (Å²) >= 11 is 3.31. The lowest BCUT2D eigenvalue weighted by Crippen LogP contribution is -2.20. The molecular weight excluding hydrogens is 319 g/mol. The Bertz CT molecular complexity index is 578. The number of hydrogen-bond donors (Lipinski definition) is 1. The molecule has 1 unspecified atom stereocenters. The summed E-state index contributed by atoms with van der Waals surface area (Å²) in [6, 6.07) is 7.76. The fraction of sp³-hybridized carbons (Fsp3) is 0.143. The molecular formula is C14H11BrF3N. The first kappa shape index (κ1) is 14.1. The van der Waals surface area contributed by atoms with Crippen molar-refractivity contribution in [2.24, 2.45) is 0 Å². The van der Waals surface area contributed by atoms with E-state index in [1.165, 1.54) is 0 Å². The molecule has 2 aromatic carbocycles. The molecule has 5 heteroatoms. The first-order valence-corrected chi connectivity index (χ1v) is 6.39. The minimum absolute atomic E-state index is 0.193. The fourth-order valence-corrected chi connectivity index (χ4v) is 2.41. The first-order chi connectivity index (χ1) is 9.02. The van der Waals surface area contributed by atoms with Crippen molar-refractivity contribution in [1.29, 1.82) is 0 Å². The molecule has 0 fully saturated rings. The van der Waals surface area contributed by atoms with E-state index in [4.69, 9.17) is 0 Å². The molecule has 0 aliphatic carbocycles. The molecule has 1 N–H and O–H groups in total. The molecule has 0 bridgehead atoms. The van der Waals surface area contributed by atoms with Crippen molar-refractivity contribution in [2.45, 2.75) is 6.04 Å². The van der Waals surface area contributed by atoms with Crippen molar-refractivity contribution in [3.8, 4) is 0 Å². The normalized spacial score (nSPS) is 12.5. The molecule has 0 saturated carbocycles. The second-order valence-corrected chi connectivity index (χ2v) is 4.98. The van der Waals surface area contributed by atoms with Gasteiger partial charge in [-0.25, -0.2) is 13.2 Å². The smallest absolute Gasteiger partial charge is 0.134 e. The zero-order chi connectivity index (χ0) is 14.0. The summed E-state index contributed by atoms with van der Waals surface area (Å²) in [5.74, 6) is -2.74. The van der Waals surface area contributed by atoms with Crippen molar-refractivity contribution in [2.75, 3.05) is 7.05 Å². The summed E-state index contributed by atoms with van der Waals surface area (Å²) in [5, 5.41) is 2.84. The van der Waals surface area contributed by atoms with Crippen LogP contribution in [0.15, 0.2) is 40.9 Å². The van der Waals surface area contributed by atoms with Crippen LogP contribution < -0.4 is 5.32 Å². The minimum Gasteiger partial charge on any atom is -0.309 e. The Labute approximate surface area is 117 Å². The highest BCUT2D eigenvalue weighted by Gasteiger charge is 2.21. The molecule has 1 nitrogen and oxygen atoms in total. The van der Waals surface area contributed by atoms with Gasteiger partial charge in [-0.05, 0) is 24.7 Å². The van der Waals surface area contributed by atoms with E-state index < -0.39 is 23.5 Å². The van der Waals surface area contributed by atoms with Crippen LogP contribution in [0.3, 0.4) is 0 Å². The van der Waals surface area contributed by atoms with Crippen molar-refractivity contribution in [3.05, 3.63) is 69.4 Å². The average Bonchev–Trinajstić information content (AvgIpc) is 2.33. The Hall–Kier alpha value is -1.33. The van der Waals surface area contributed by atoms with Gasteiger partial charge in [-0.15, -0.1) is 0 Å². The van der Waals surface area contributed by atoms with Crippen molar-refractivity contribution in [1.82, 2.24) is 5.32 Å². The van der Waals surface area contributed by atoms with Gasteiger partial charge in [0.25, 0.3) is 0 Å². The second-order valence-electron chi connectivity index (χ2n) is 4.06. The maximum atomic E-state index is 13.8. The van der Waals surface area contributed by atoms with Gasteiger partial charge in [0, 0.05) is 22.2 Å². The number of rotatable bonds is 3. The monoisotopic (exact) mass is 329 g/mol. The number of benzene rings is 2. The van der Waals surface area contributed by atoms with Gasteiger partial charge in [0.15, 0.2) is 0 Å². The summed E-state index contributed by atoms with van der Waals surface area (Å²) in [6.45, 7) is 0. The number of hydrogen-bond acceptors (Lipinski definition) is 1. The lowest BCUT2D eigenvalue weighted by atomic mass is 9.98. The Morgan fingerprint density at radius 2 is 1.68 bits per heavy atom. The highest BCUT2D eigenvalue weighted by Crippen LogP contribution is 2.28. The van der Waals surface area contributed by atoms with Gasteiger partial charge in [0.05, 0.1) is 6.04 Å². The maximum Gasteiger partial charge on any atom is 0.134 e. The molecule has 0 radical (unpaired) electrons. The lowest BCUT2D eigenvalue weighted by Gasteiger charge is -2.19. The molecule has 0 saturated heterocycles. The highest BCUT2D eigenvalue weighted by atomic mass is 79.9. The molecule has 2 rings (SSSR count). The summed E-state index contributed by atoms with van der Waals surface area (Å²) in [5.41, 5.74) is 0.489. The van der Waals surface area contributed by atoms with Crippen LogP contribution >= 0.6 is 15.9 Å². The van der Waals surface area contributed by atoms with Crippen LogP contribution in [0.2, 0.25) is 0 Å². The Morgan fingerprint density at radius 1 is 1.05 bits per heavy atom. The third kappa shape index (κ3) is 2.98. The topological polar surface area (TPSA) is 12.0 Å². The Kier molecular flexibility index (Phi) is 4.27. The maximum absolute atomic E-state index is 13.8. The van der Waals surface area contributed by atoms with Gasteiger partial charge in [0.1, 0.15) is 17.5 Å². The quantitative estimate of drug-likeness (QED) is 0.890. The van der Waals surface area contributed by atoms with Gasteiger partial charge in [-0.3, -0.25) is 0 Å². The van der Waals surface area contributed by atoms with E-state index in [-0.39, 0.29) is 5.56 Å². The lowest BCUT2D eigenvalue weighted by molar-refractivity contribution is 0.500. The van der Waals surface area contributed by atoms with E-state index in [9.17, 15) is 13.2 Å². The largest absolute Gasteiger partial charge is 0.309 e. The molecule has 0 spiro atoms. The molecule has 100 valence electrons. The van der Waals surface area contributed by atoms with Gasteiger partial charge < -0.3 is 5.32 Å². The minimum atomic E-state index is -0.928. The zero-order valence-electron chi connectivity index (χ0n) is 10.1. The standard InChI is InChI=1S/C14H11BrF3N/c1-19-14(8-3-2-4-9(15)5-8)13-11(17)6-10(16)7-12(13)18/h2-7,14,19H,1H3. The van der Waals surface area contributed by atoms with E-state index in [0.717, 1.165) is 4.47 Å². The van der Waals surface area contributed by atoms with Crippen molar-refractivity contribution in [3.63, 3.8) is 0 Å². The van der Waals surface area contributed by atoms with Gasteiger partial charge in [-0.2, -0.15) is 0 Å². The first-order valence-electron chi connectivity index (χ1n) is 5.60. The predicted octanol–water partition coefficient (Wildman–Crippen LogP) is 4.18. The molecule has 0 aliphatic heterocycles. The molecule has 0 aliphatic rings. The zero-order valence-corrected chi connectivity index (χ0v) is 11.6. The molecule has 2 aromatic rings. The van der Waals surface area contributed by atoms with E-state index in [1.807, 2.05) is 6.07 Å². The summed E-state index contributed by atoms with van der Waals surface area (Å²) in [6.07, 6.45) is 0. The van der Waals surface area contributed by atoms with E-state index in [2.05, 4.69) is 21.2 Å². The third-order valence-electron chi connectivity index (χ3n) is 2.80. The SMILES string of the molecule is CNC(c1cccc(Br)c1)c1c(F)cc(F)cc1F. The fourth-order valence-electron chi connectivity index (χ4n) is 1.99. The van der Waals surface area contributed by atoms with E-state index >= 15 is 0 Å². The van der Waals surface area contributed by atoms with Crippen LogP contribution in [0.4, 0.5) is 13.2 Å². The van der Waals surface area contributed by atoms with Crippen LogP contribution in [0.5, 0.6) is 0 Å². The van der Waals surface area contributed by atoms with Crippen LogP contribution in [-0.2, 0) is 0 Å². The summed E-state index contributed by atoms with van der Waals surface area (Å²) in [7, 11) is 1.59. The van der Waals surface area contributed by atoms with Crippen LogP contribution in [-0.4, -0.2) is 7.05 Å². The second kappa shape index (κ2) is 5.75.